The normalized spacial score (nSPS) is 19.1. The van der Waals surface area contributed by atoms with Crippen LogP contribution in [-0.2, 0) is 4.74 Å². The minimum Gasteiger partial charge on any atom is -0.377 e. The van der Waals surface area contributed by atoms with Crippen molar-refractivity contribution >= 4 is 17.2 Å². The Labute approximate surface area is 120 Å². The van der Waals surface area contributed by atoms with Crippen LogP contribution in [0.25, 0.3) is 0 Å². The summed E-state index contributed by atoms with van der Waals surface area (Å²) >= 11 is 1.43. The van der Waals surface area contributed by atoms with Crippen molar-refractivity contribution in [1.82, 2.24) is 4.90 Å². The molecule has 0 saturated carbocycles. The molecule has 0 bridgehead atoms. The molecule has 1 aromatic heterocycles. The molecular formula is C15H14FNO2S. The van der Waals surface area contributed by atoms with Gasteiger partial charge in [0.15, 0.2) is 0 Å². The van der Waals surface area contributed by atoms with E-state index in [0.29, 0.717) is 19.8 Å². The van der Waals surface area contributed by atoms with E-state index in [9.17, 15) is 9.18 Å². The van der Waals surface area contributed by atoms with Gasteiger partial charge in [-0.25, -0.2) is 4.39 Å². The van der Waals surface area contributed by atoms with Gasteiger partial charge in [0.05, 0.1) is 24.1 Å². The first-order chi connectivity index (χ1) is 9.75. The summed E-state index contributed by atoms with van der Waals surface area (Å²) in [7, 11) is 0. The Hall–Kier alpha value is -1.72. The molecular weight excluding hydrogens is 277 g/mol. The van der Waals surface area contributed by atoms with Crippen LogP contribution in [0, 0.1) is 5.82 Å². The SMILES string of the molecule is O=C(c1cccs1)N1CCOCC1c1ccc(F)cc1. The van der Waals surface area contributed by atoms with E-state index in [-0.39, 0.29) is 17.8 Å². The van der Waals surface area contributed by atoms with Gasteiger partial charge >= 0.3 is 0 Å². The largest absolute Gasteiger partial charge is 0.377 e. The average molecular weight is 291 g/mol. The predicted octanol–water partition coefficient (Wildman–Crippen LogP) is 3.10. The standard InChI is InChI=1S/C15H14FNO2S/c16-12-5-3-11(4-6-12)13-10-19-8-7-17(13)15(18)14-2-1-9-20-14/h1-6,9,13H,7-8,10H2. The first kappa shape index (κ1) is 13.3. The zero-order chi connectivity index (χ0) is 13.9. The van der Waals surface area contributed by atoms with Crippen molar-refractivity contribution in [2.75, 3.05) is 19.8 Å². The van der Waals surface area contributed by atoms with Crippen molar-refractivity contribution in [3.8, 4) is 0 Å². The van der Waals surface area contributed by atoms with Gasteiger partial charge in [-0.1, -0.05) is 18.2 Å². The van der Waals surface area contributed by atoms with E-state index in [1.54, 1.807) is 12.1 Å². The number of hydrogen-bond acceptors (Lipinski definition) is 3. The molecule has 0 N–H and O–H groups in total. The highest BCUT2D eigenvalue weighted by Gasteiger charge is 2.29. The number of rotatable bonds is 2. The molecule has 1 unspecified atom stereocenters. The van der Waals surface area contributed by atoms with Crippen LogP contribution in [-0.4, -0.2) is 30.6 Å². The highest BCUT2D eigenvalue weighted by atomic mass is 32.1. The Morgan fingerprint density at radius 3 is 2.80 bits per heavy atom. The fourth-order valence-electron chi connectivity index (χ4n) is 2.35. The quantitative estimate of drug-likeness (QED) is 0.851. The Balaban J connectivity index is 1.87. The van der Waals surface area contributed by atoms with Crippen LogP contribution in [0.5, 0.6) is 0 Å². The maximum Gasteiger partial charge on any atom is 0.264 e. The molecule has 3 nitrogen and oxygen atoms in total. The fraction of sp³-hybridized carbons (Fsp3) is 0.267. The number of benzene rings is 1. The zero-order valence-corrected chi connectivity index (χ0v) is 11.6. The summed E-state index contributed by atoms with van der Waals surface area (Å²) in [5.74, 6) is -0.265. The lowest BCUT2D eigenvalue weighted by Gasteiger charge is -2.35. The van der Waals surface area contributed by atoms with E-state index < -0.39 is 0 Å². The third-order valence-electron chi connectivity index (χ3n) is 3.38. The average Bonchev–Trinajstić information content (AvgIpc) is 3.02. The lowest BCUT2D eigenvalue weighted by Crippen LogP contribution is -2.43. The number of hydrogen-bond donors (Lipinski definition) is 0. The summed E-state index contributed by atoms with van der Waals surface area (Å²) in [5.41, 5.74) is 0.899. The van der Waals surface area contributed by atoms with Crippen molar-refractivity contribution in [2.45, 2.75) is 6.04 Å². The van der Waals surface area contributed by atoms with E-state index in [1.807, 2.05) is 22.4 Å². The summed E-state index contributed by atoms with van der Waals surface area (Å²) in [4.78, 5) is 15.0. The molecule has 0 spiro atoms. The van der Waals surface area contributed by atoms with Crippen molar-refractivity contribution in [1.29, 1.82) is 0 Å². The second-order valence-corrected chi connectivity index (χ2v) is 5.57. The van der Waals surface area contributed by atoms with E-state index in [0.717, 1.165) is 10.4 Å². The van der Waals surface area contributed by atoms with Crippen molar-refractivity contribution in [3.63, 3.8) is 0 Å². The van der Waals surface area contributed by atoms with Crippen LogP contribution in [0.1, 0.15) is 21.3 Å². The van der Waals surface area contributed by atoms with E-state index in [2.05, 4.69) is 0 Å². The zero-order valence-electron chi connectivity index (χ0n) is 10.8. The minimum atomic E-state index is -0.276. The Morgan fingerprint density at radius 2 is 2.10 bits per heavy atom. The Bertz CT molecular complexity index is 582. The molecule has 1 amide bonds. The molecule has 1 fully saturated rings. The van der Waals surface area contributed by atoms with E-state index >= 15 is 0 Å². The summed E-state index contributed by atoms with van der Waals surface area (Å²) in [6, 6.07) is 9.79. The third-order valence-corrected chi connectivity index (χ3v) is 4.23. The summed E-state index contributed by atoms with van der Waals surface area (Å²) < 4.78 is 18.5. The molecule has 1 aliphatic heterocycles. The molecule has 1 atom stereocenters. The first-order valence-corrected chi connectivity index (χ1v) is 7.31. The topological polar surface area (TPSA) is 29.5 Å². The Kier molecular flexibility index (Phi) is 3.80. The van der Waals surface area contributed by atoms with Gasteiger partial charge in [-0.05, 0) is 29.1 Å². The molecule has 2 heterocycles. The molecule has 2 aromatic rings. The van der Waals surface area contributed by atoms with Crippen molar-refractivity contribution in [2.24, 2.45) is 0 Å². The van der Waals surface area contributed by atoms with Gasteiger partial charge in [0, 0.05) is 6.54 Å². The molecule has 0 radical (unpaired) electrons. The number of ether oxygens (including phenoxy) is 1. The van der Waals surface area contributed by atoms with Crippen LogP contribution < -0.4 is 0 Å². The smallest absolute Gasteiger partial charge is 0.264 e. The monoisotopic (exact) mass is 291 g/mol. The van der Waals surface area contributed by atoms with Crippen LogP contribution in [0.15, 0.2) is 41.8 Å². The number of halogens is 1. The molecule has 104 valence electrons. The van der Waals surface area contributed by atoms with Gasteiger partial charge in [0.2, 0.25) is 0 Å². The van der Waals surface area contributed by atoms with Gasteiger partial charge in [0.1, 0.15) is 5.82 Å². The van der Waals surface area contributed by atoms with Gasteiger partial charge in [-0.2, -0.15) is 0 Å². The molecule has 1 aromatic carbocycles. The molecule has 3 rings (SSSR count). The number of amides is 1. The number of thiophene rings is 1. The molecule has 1 saturated heterocycles. The predicted molar refractivity (Wildman–Crippen MR) is 75.3 cm³/mol. The third kappa shape index (κ3) is 2.59. The fourth-order valence-corrected chi connectivity index (χ4v) is 3.03. The molecule has 0 aliphatic carbocycles. The number of nitrogens with zero attached hydrogens (tertiary/aromatic N) is 1. The van der Waals surface area contributed by atoms with Crippen LogP contribution >= 0.6 is 11.3 Å². The number of carbonyl (C=O) groups is 1. The Morgan fingerprint density at radius 1 is 1.30 bits per heavy atom. The highest BCUT2D eigenvalue weighted by molar-refractivity contribution is 7.12. The molecule has 20 heavy (non-hydrogen) atoms. The molecule has 1 aliphatic rings. The van der Waals surface area contributed by atoms with Gasteiger partial charge in [-0.3, -0.25) is 4.79 Å². The lowest BCUT2D eigenvalue weighted by atomic mass is 10.0. The molecule has 5 heteroatoms. The first-order valence-electron chi connectivity index (χ1n) is 6.43. The lowest BCUT2D eigenvalue weighted by molar-refractivity contribution is -0.00244. The second kappa shape index (κ2) is 5.73. The summed E-state index contributed by atoms with van der Waals surface area (Å²) in [6.07, 6.45) is 0. The maximum atomic E-state index is 13.0. The van der Waals surface area contributed by atoms with Crippen LogP contribution in [0.3, 0.4) is 0 Å². The van der Waals surface area contributed by atoms with Gasteiger partial charge in [0.25, 0.3) is 5.91 Å². The second-order valence-electron chi connectivity index (χ2n) is 4.62. The van der Waals surface area contributed by atoms with E-state index in [4.69, 9.17) is 4.74 Å². The van der Waals surface area contributed by atoms with Crippen molar-refractivity contribution in [3.05, 3.63) is 58.0 Å². The van der Waals surface area contributed by atoms with Gasteiger partial charge < -0.3 is 9.64 Å². The van der Waals surface area contributed by atoms with Crippen molar-refractivity contribution < 1.29 is 13.9 Å². The van der Waals surface area contributed by atoms with E-state index in [1.165, 1.54) is 23.5 Å². The summed E-state index contributed by atoms with van der Waals surface area (Å²) in [5, 5.41) is 1.89. The summed E-state index contributed by atoms with van der Waals surface area (Å²) in [6.45, 7) is 1.54. The van der Waals surface area contributed by atoms with Crippen LogP contribution in [0.4, 0.5) is 4.39 Å². The highest BCUT2D eigenvalue weighted by Crippen LogP contribution is 2.27. The minimum absolute atomic E-state index is 0.0117. The number of morpholine rings is 1. The van der Waals surface area contributed by atoms with Crippen LogP contribution in [0.2, 0.25) is 0 Å². The maximum absolute atomic E-state index is 13.0. The van der Waals surface area contributed by atoms with Gasteiger partial charge in [-0.15, -0.1) is 11.3 Å². The number of carbonyl (C=O) groups excluding carboxylic acids is 1.